The monoisotopic (exact) mass is 730 g/mol. The number of fused-ring (bicyclic) bond motifs is 1. The first-order valence-electron chi connectivity index (χ1n) is 13.3. The fraction of sp³-hybridized carbons (Fsp3) is 0.400. The van der Waals surface area contributed by atoms with Gasteiger partial charge in [0.15, 0.2) is 5.13 Å². The molecule has 0 radical (unpaired) electrons. The second kappa shape index (κ2) is 15.9. The van der Waals surface area contributed by atoms with E-state index in [9.17, 15) is 34.0 Å². The Labute approximate surface area is 282 Å². The molecule has 21 heteroatoms. The van der Waals surface area contributed by atoms with E-state index in [0.29, 0.717) is 23.0 Å². The quantitative estimate of drug-likeness (QED) is 0.0814. The number of hydrogen-bond donors (Lipinski definition) is 6. The molecule has 0 spiro atoms. The lowest BCUT2D eigenvalue weighted by molar-refractivity contribution is -0.150. The fourth-order valence-corrected chi connectivity index (χ4v) is 8.82. The van der Waals surface area contributed by atoms with E-state index in [4.69, 9.17) is 28.2 Å². The van der Waals surface area contributed by atoms with Crippen LogP contribution in [0.15, 0.2) is 39.1 Å². The summed E-state index contributed by atoms with van der Waals surface area (Å²) in [5.41, 5.74) is 11.8. The average molecular weight is 731 g/mol. The third-order valence-electron chi connectivity index (χ3n) is 6.57. The average Bonchev–Trinajstić information content (AvgIpc) is 3.35. The van der Waals surface area contributed by atoms with Crippen molar-refractivity contribution in [3.8, 4) is 0 Å². The molecule has 4 rings (SSSR count). The second-order valence-corrected chi connectivity index (χ2v) is 14.6. The van der Waals surface area contributed by atoms with Crippen molar-refractivity contribution in [1.82, 2.24) is 25.5 Å². The van der Waals surface area contributed by atoms with Crippen LogP contribution >= 0.6 is 58.2 Å². The molecule has 0 saturated carbocycles. The normalized spacial score (nSPS) is 18.7. The number of nitrogens with one attached hydrogen (secondary N) is 2. The van der Waals surface area contributed by atoms with Gasteiger partial charge in [-0.2, -0.15) is 11.8 Å². The number of carbonyl (C=O) groups excluding carboxylic acids is 3. The van der Waals surface area contributed by atoms with Crippen LogP contribution in [0.3, 0.4) is 0 Å². The Kier molecular flexibility index (Phi) is 12.3. The zero-order valence-corrected chi connectivity index (χ0v) is 27.6. The molecule has 1 unspecified atom stereocenters. The van der Waals surface area contributed by atoms with Gasteiger partial charge in [-0.15, -0.1) is 16.7 Å². The number of halogens is 1. The van der Waals surface area contributed by atoms with E-state index in [1.165, 1.54) is 35.3 Å². The maximum absolute atomic E-state index is 13.1. The van der Waals surface area contributed by atoms with Gasteiger partial charge in [-0.05, 0) is 23.2 Å². The number of amides is 3. The van der Waals surface area contributed by atoms with Gasteiger partial charge in [0.2, 0.25) is 11.9 Å². The van der Waals surface area contributed by atoms with Crippen molar-refractivity contribution in [3.05, 3.63) is 49.6 Å². The number of carboxylic acids is 2. The Hall–Kier alpha value is -3.43. The maximum atomic E-state index is 13.1. The molecule has 1 fully saturated rings. The lowest BCUT2D eigenvalue weighted by atomic mass is 10.0. The number of thiazole rings is 1. The smallest absolute Gasteiger partial charge is 0.353 e. The van der Waals surface area contributed by atoms with Gasteiger partial charge in [0.1, 0.15) is 27.1 Å². The predicted octanol–water partition coefficient (Wildman–Crippen LogP) is 1.61. The second-order valence-electron chi connectivity index (χ2n) is 9.66. The summed E-state index contributed by atoms with van der Waals surface area (Å²) in [6.45, 7) is 0.308. The number of carboxylic acid groups (broad SMARTS) is 2. The molecule has 46 heavy (non-hydrogen) atoms. The van der Waals surface area contributed by atoms with Crippen molar-refractivity contribution in [1.29, 1.82) is 0 Å². The van der Waals surface area contributed by atoms with E-state index in [2.05, 4.69) is 25.8 Å². The van der Waals surface area contributed by atoms with Gasteiger partial charge < -0.3 is 32.3 Å². The van der Waals surface area contributed by atoms with Gasteiger partial charge >= 0.3 is 11.9 Å². The molecule has 1 saturated heterocycles. The molecule has 0 aromatic carbocycles. The Morgan fingerprint density at radius 3 is 2.67 bits per heavy atom. The lowest BCUT2D eigenvalue weighted by Crippen LogP contribution is -2.70. The highest BCUT2D eigenvalue weighted by atomic mass is 35.5. The van der Waals surface area contributed by atoms with E-state index in [0.717, 1.165) is 26.7 Å². The van der Waals surface area contributed by atoms with Gasteiger partial charge in [-0.1, -0.05) is 34.7 Å². The van der Waals surface area contributed by atoms with Crippen LogP contribution in [-0.4, -0.2) is 90.2 Å². The van der Waals surface area contributed by atoms with Gasteiger partial charge in [0.05, 0.1) is 6.04 Å². The van der Waals surface area contributed by atoms with Crippen LogP contribution in [0.4, 0.5) is 5.13 Å². The number of aromatic nitrogens is 2. The van der Waals surface area contributed by atoms with Crippen molar-refractivity contribution in [2.75, 3.05) is 23.8 Å². The van der Waals surface area contributed by atoms with E-state index in [-0.39, 0.29) is 39.5 Å². The van der Waals surface area contributed by atoms with E-state index >= 15 is 0 Å². The molecule has 8 N–H and O–H groups in total. The number of pyridine rings is 1. The first kappa shape index (κ1) is 35.4. The predicted molar refractivity (Wildman–Crippen MR) is 174 cm³/mol. The summed E-state index contributed by atoms with van der Waals surface area (Å²) in [6.07, 6.45) is 3.05. The van der Waals surface area contributed by atoms with Crippen LogP contribution in [0.25, 0.3) is 0 Å². The number of nitrogens with two attached hydrogens (primary N) is 2. The summed E-state index contributed by atoms with van der Waals surface area (Å²) in [5.74, 6) is -3.12. The number of hydrogen-bond acceptors (Lipinski definition) is 15. The standard InChI is InChI=1S/C25H27ClN8O8S4/c26-19-15(32-25(28)46-19)16(33-42)21(38)31-17-22(39)34-18(24(40)41)13(9-44-23(17)34)45-12-3-4-29-7-10(12)8-43-6-5-30-20(37)11(27)1-2-14(35)36/h3-4,7,11,16-17,23H,1-2,5-6,8-9,27H2,(H2,28,32)(H,30,37)(H,31,38)(H,35,36)(H,40,41)/t11-,16?,17+,23-/m0/s1. The molecule has 0 aliphatic carbocycles. The Bertz CT molecular complexity index is 1580. The number of aliphatic carboxylic acids is 2. The van der Waals surface area contributed by atoms with Crippen LogP contribution in [-0.2, 0) is 29.7 Å². The maximum Gasteiger partial charge on any atom is 0.353 e. The molecular weight excluding hydrogens is 704 g/mol. The number of rotatable bonds is 16. The molecule has 2 aromatic rings. The summed E-state index contributed by atoms with van der Waals surface area (Å²) >= 11 is 10.8. The molecule has 2 aliphatic heterocycles. The third-order valence-corrected chi connectivity index (χ3v) is 11.4. The van der Waals surface area contributed by atoms with E-state index in [1.807, 2.05) is 0 Å². The van der Waals surface area contributed by atoms with Crippen molar-refractivity contribution >= 4 is 93.0 Å². The van der Waals surface area contributed by atoms with E-state index < -0.39 is 53.2 Å². The summed E-state index contributed by atoms with van der Waals surface area (Å²) in [6, 6.07) is -1.92. The number of carbonyl (C=O) groups is 5. The highest BCUT2D eigenvalue weighted by Gasteiger charge is 2.55. The lowest BCUT2D eigenvalue weighted by Gasteiger charge is -2.49. The first-order chi connectivity index (χ1) is 21.9. The molecule has 2 aliphatic rings. The van der Waals surface area contributed by atoms with Gasteiger partial charge in [0, 0.05) is 52.4 Å². The summed E-state index contributed by atoms with van der Waals surface area (Å²) < 4.78 is 0.0129. The fourth-order valence-electron chi connectivity index (χ4n) is 4.35. The van der Waals surface area contributed by atoms with Crippen LogP contribution in [0.1, 0.15) is 30.1 Å². The number of nitrogen functional groups attached to an aromatic ring is 1. The summed E-state index contributed by atoms with van der Waals surface area (Å²) in [4.78, 5) is 82.8. The van der Waals surface area contributed by atoms with Crippen LogP contribution in [0, 0.1) is 4.91 Å². The Balaban J connectivity index is 1.37. The zero-order chi connectivity index (χ0) is 33.5. The molecule has 4 atom stereocenters. The Morgan fingerprint density at radius 2 is 2.02 bits per heavy atom. The van der Waals surface area contributed by atoms with Crippen molar-refractivity contribution < 1.29 is 34.2 Å². The van der Waals surface area contributed by atoms with Crippen LogP contribution in [0.5, 0.6) is 0 Å². The topological polar surface area (TPSA) is 260 Å². The molecular formula is C25H27ClN8O8S4. The van der Waals surface area contributed by atoms with Crippen LogP contribution < -0.4 is 22.1 Å². The third kappa shape index (κ3) is 8.28. The number of anilines is 1. The summed E-state index contributed by atoms with van der Waals surface area (Å²) in [7, 11) is 0. The molecule has 3 amide bonds. The molecule has 2 aromatic heterocycles. The highest BCUT2D eigenvalue weighted by molar-refractivity contribution is 8.06. The molecule has 0 bridgehead atoms. The highest BCUT2D eigenvalue weighted by Crippen LogP contribution is 2.46. The minimum atomic E-state index is -1.64. The minimum absolute atomic E-state index is 0.0129. The summed E-state index contributed by atoms with van der Waals surface area (Å²) in [5, 5.41) is 26.1. The van der Waals surface area contributed by atoms with Gasteiger partial charge in [-0.3, -0.25) is 29.1 Å². The van der Waals surface area contributed by atoms with Crippen molar-refractivity contribution in [3.63, 3.8) is 0 Å². The molecule has 246 valence electrons. The Morgan fingerprint density at radius 1 is 1.26 bits per heavy atom. The van der Waals surface area contributed by atoms with Gasteiger partial charge in [0.25, 0.3) is 11.8 Å². The number of β-lactam (4-membered cyclic amide) rings is 1. The molecule has 4 heterocycles. The number of thioether (sulfide) groups is 3. The van der Waals surface area contributed by atoms with Crippen molar-refractivity contribution in [2.45, 2.75) is 47.0 Å². The first-order valence-corrected chi connectivity index (χ1v) is 17.5. The zero-order valence-electron chi connectivity index (χ0n) is 23.6. The minimum Gasteiger partial charge on any atom is -0.481 e. The number of nitrogens with zero attached hydrogens (tertiary/aromatic N) is 4. The molecule has 16 nitrogen and oxygen atoms in total. The largest absolute Gasteiger partial charge is 0.481 e. The van der Waals surface area contributed by atoms with E-state index in [1.54, 1.807) is 18.5 Å². The SMILES string of the molecule is Nc1nc(C(N=O)C(=O)N[C@@H]2C(=O)N3C(C(=O)O)=C(Sc4ccncc4CSCCNC(=O)[C@@H](N)CCC(=O)O)CS[C@@H]23)c(Cl)s1. The van der Waals surface area contributed by atoms with Crippen LogP contribution in [0.2, 0.25) is 4.34 Å². The van der Waals surface area contributed by atoms with Crippen molar-refractivity contribution in [2.24, 2.45) is 10.9 Å². The van der Waals surface area contributed by atoms with Gasteiger partial charge in [-0.25, -0.2) is 9.78 Å². The number of nitroso groups, excluding NO2 is 1.